The number of hydrogen-bond acceptors (Lipinski definition) is 6. The Morgan fingerprint density at radius 2 is 1.82 bits per heavy atom. The van der Waals surface area contributed by atoms with Crippen molar-refractivity contribution in [3.8, 4) is 11.1 Å². The summed E-state index contributed by atoms with van der Waals surface area (Å²) in [6, 6.07) is 14.1. The van der Waals surface area contributed by atoms with E-state index in [1.807, 2.05) is 0 Å². The number of alkyl halides is 3. The number of hydrazine groups is 2. The van der Waals surface area contributed by atoms with E-state index in [0.717, 1.165) is 0 Å². The number of nitrogen functional groups attached to an aromatic ring is 2. The molecule has 1 unspecified atom stereocenters. The average molecular weight is 477 g/mol. The van der Waals surface area contributed by atoms with Crippen LogP contribution in [0.2, 0.25) is 0 Å². The molecule has 10 heteroatoms. The Bertz CT molecular complexity index is 1100. The minimum Gasteiger partial charge on any atom is -0.398 e. The second kappa shape index (κ2) is 10.7. The normalized spacial score (nSPS) is 12.6. The van der Waals surface area contributed by atoms with E-state index in [-0.39, 0.29) is 18.9 Å². The summed E-state index contributed by atoms with van der Waals surface area (Å²) >= 11 is 0. The Morgan fingerprint density at radius 1 is 1.06 bits per heavy atom. The molecule has 0 spiro atoms. The van der Waals surface area contributed by atoms with Gasteiger partial charge in [0.2, 0.25) is 0 Å². The molecular formula is C24H28F4N6. The number of halogens is 4. The molecule has 6 N–H and O–H groups in total. The van der Waals surface area contributed by atoms with Gasteiger partial charge in [-0.2, -0.15) is 13.2 Å². The van der Waals surface area contributed by atoms with Crippen molar-refractivity contribution in [3.63, 3.8) is 0 Å². The largest absolute Gasteiger partial charge is 0.398 e. The van der Waals surface area contributed by atoms with Gasteiger partial charge in [0.15, 0.2) is 0 Å². The third-order valence-electron chi connectivity index (χ3n) is 5.29. The highest BCUT2D eigenvalue weighted by atomic mass is 19.4. The second-order valence-electron chi connectivity index (χ2n) is 8.39. The van der Waals surface area contributed by atoms with E-state index in [9.17, 15) is 17.6 Å². The summed E-state index contributed by atoms with van der Waals surface area (Å²) < 4.78 is 54.9. The predicted molar refractivity (Wildman–Crippen MR) is 127 cm³/mol. The monoisotopic (exact) mass is 476 g/mol. The number of anilines is 4. The van der Waals surface area contributed by atoms with E-state index >= 15 is 0 Å². The summed E-state index contributed by atoms with van der Waals surface area (Å²) in [5.41, 5.74) is 13.9. The van der Waals surface area contributed by atoms with E-state index in [0.29, 0.717) is 34.0 Å². The number of nitrogens with one attached hydrogen (secondary N) is 2. The lowest BCUT2D eigenvalue weighted by Gasteiger charge is -2.29. The Kier molecular flexibility index (Phi) is 7.95. The van der Waals surface area contributed by atoms with Gasteiger partial charge in [-0.25, -0.2) is 14.8 Å². The van der Waals surface area contributed by atoms with Crippen LogP contribution in [-0.4, -0.2) is 17.7 Å². The molecule has 3 rings (SSSR count). The first-order valence-corrected chi connectivity index (χ1v) is 10.8. The number of hydrogen-bond donors (Lipinski definition) is 4. The maximum atomic E-state index is 13.8. The highest BCUT2D eigenvalue weighted by molar-refractivity contribution is 5.78. The zero-order chi connectivity index (χ0) is 24.9. The van der Waals surface area contributed by atoms with Crippen LogP contribution in [0.15, 0.2) is 60.8 Å². The minimum atomic E-state index is -4.37. The van der Waals surface area contributed by atoms with Gasteiger partial charge in [-0.1, -0.05) is 19.9 Å². The zero-order valence-electron chi connectivity index (χ0n) is 18.9. The van der Waals surface area contributed by atoms with Crippen LogP contribution in [0.3, 0.4) is 0 Å². The fourth-order valence-corrected chi connectivity index (χ4v) is 3.63. The molecule has 0 fully saturated rings. The number of rotatable bonds is 9. The molecule has 0 amide bonds. The summed E-state index contributed by atoms with van der Waals surface area (Å²) in [6.45, 7) is 3.14. The average Bonchev–Trinajstić information content (AvgIpc) is 2.79. The molecule has 0 saturated carbocycles. The molecule has 0 bridgehead atoms. The van der Waals surface area contributed by atoms with Crippen LogP contribution in [-0.2, 0) is 0 Å². The molecule has 6 nitrogen and oxygen atoms in total. The van der Waals surface area contributed by atoms with Crippen molar-refractivity contribution < 1.29 is 17.6 Å². The summed E-state index contributed by atoms with van der Waals surface area (Å²) in [5, 5.41) is 1.46. The van der Waals surface area contributed by atoms with E-state index in [4.69, 9.17) is 11.6 Å². The zero-order valence-corrected chi connectivity index (χ0v) is 18.9. The Morgan fingerprint density at radius 3 is 2.50 bits per heavy atom. The fraction of sp³-hybridized carbons (Fsp3) is 0.292. The Hall–Kier alpha value is -3.37. The van der Waals surface area contributed by atoms with Gasteiger partial charge in [-0.15, -0.1) is 0 Å². The predicted octanol–water partition coefficient (Wildman–Crippen LogP) is 5.62. The van der Waals surface area contributed by atoms with E-state index in [2.05, 4.69) is 15.8 Å². The maximum Gasteiger partial charge on any atom is 0.393 e. The van der Waals surface area contributed by atoms with Crippen molar-refractivity contribution in [2.45, 2.75) is 26.4 Å². The summed E-state index contributed by atoms with van der Waals surface area (Å²) in [4.78, 5) is 4.35. The minimum absolute atomic E-state index is 0.0258. The molecule has 2 aromatic carbocycles. The standard InChI is InChI=1S/C24H28F4N6/c1-15(2)10-17(24(26,27)28)14-32-34(20-5-3-4-19(13-20)33-30)23-11-16(8-9-31-23)21-12-18(25)6-7-22(21)29/h3-9,11-13,15,17,32-33H,10,14,29-30H2,1-2H3. The quantitative estimate of drug-likeness (QED) is 0.139. The molecule has 0 aliphatic rings. The van der Waals surface area contributed by atoms with Crippen molar-refractivity contribution in [2.75, 3.05) is 22.7 Å². The Balaban J connectivity index is 2.01. The lowest BCUT2D eigenvalue weighted by Crippen LogP contribution is -2.42. The number of benzene rings is 2. The van der Waals surface area contributed by atoms with Crippen LogP contribution < -0.4 is 27.4 Å². The Labute approximate surface area is 195 Å². The first-order chi connectivity index (χ1) is 16.1. The van der Waals surface area contributed by atoms with Gasteiger partial charge in [-0.05, 0) is 66.4 Å². The van der Waals surface area contributed by atoms with Crippen LogP contribution >= 0.6 is 0 Å². The molecule has 0 aliphatic carbocycles. The molecular weight excluding hydrogens is 448 g/mol. The van der Waals surface area contributed by atoms with Crippen LogP contribution in [0.25, 0.3) is 11.1 Å². The van der Waals surface area contributed by atoms with Crippen LogP contribution in [0.4, 0.5) is 40.4 Å². The molecule has 0 aliphatic heterocycles. The van der Waals surface area contributed by atoms with Gasteiger partial charge in [0.25, 0.3) is 0 Å². The van der Waals surface area contributed by atoms with Crippen LogP contribution in [0.5, 0.6) is 0 Å². The molecule has 3 aromatic rings. The molecule has 1 atom stereocenters. The smallest absolute Gasteiger partial charge is 0.393 e. The SMILES string of the molecule is CC(C)CC(CNN(c1cccc(NN)c1)c1cc(-c2cc(F)ccc2N)ccn1)C(F)(F)F. The molecule has 1 heterocycles. The fourth-order valence-electron chi connectivity index (χ4n) is 3.63. The molecule has 182 valence electrons. The van der Waals surface area contributed by atoms with E-state index < -0.39 is 17.9 Å². The number of nitrogens with zero attached hydrogens (tertiary/aromatic N) is 2. The van der Waals surface area contributed by atoms with Crippen molar-refractivity contribution >= 4 is 22.9 Å². The maximum absolute atomic E-state index is 13.8. The summed E-state index contributed by atoms with van der Waals surface area (Å²) in [7, 11) is 0. The van der Waals surface area contributed by atoms with Gasteiger partial charge in [0, 0.05) is 24.0 Å². The first kappa shape index (κ1) is 25.3. The highest BCUT2D eigenvalue weighted by Crippen LogP contribution is 2.33. The lowest BCUT2D eigenvalue weighted by molar-refractivity contribution is -0.177. The molecule has 0 saturated heterocycles. The van der Waals surface area contributed by atoms with Crippen molar-refractivity contribution in [1.29, 1.82) is 0 Å². The van der Waals surface area contributed by atoms with E-state index in [1.54, 1.807) is 50.2 Å². The molecule has 0 radical (unpaired) electrons. The van der Waals surface area contributed by atoms with Crippen LogP contribution in [0.1, 0.15) is 20.3 Å². The van der Waals surface area contributed by atoms with Gasteiger partial charge in [0.1, 0.15) is 11.6 Å². The topological polar surface area (TPSA) is 92.2 Å². The highest BCUT2D eigenvalue weighted by Gasteiger charge is 2.39. The first-order valence-electron chi connectivity index (χ1n) is 10.8. The third kappa shape index (κ3) is 6.36. The third-order valence-corrected chi connectivity index (χ3v) is 5.29. The van der Waals surface area contributed by atoms with Crippen LogP contribution in [0, 0.1) is 17.7 Å². The second-order valence-corrected chi connectivity index (χ2v) is 8.39. The number of nitrogens with two attached hydrogens (primary N) is 2. The van der Waals surface area contributed by atoms with Crippen molar-refractivity contribution in [2.24, 2.45) is 17.7 Å². The van der Waals surface area contributed by atoms with Gasteiger partial charge >= 0.3 is 6.18 Å². The summed E-state index contributed by atoms with van der Waals surface area (Å²) in [5.74, 6) is 3.67. The molecule has 34 heavy (non-hydrogen) atoms. The van der Waals surface area contributed by atoms with Gasteiger partial charge < -0.3 is 11.2 Å². The van der Waals surface area contributed by atoms with Crippen molar-refractivity contribution in [3.05, 3.63) is 66.6 Å². The van der Waals surface area contributed by atoms with Gasteiger partial charge in [0.05, 0.1) is 17.3 Å². The van der Waals surface area contributed by atoms with Crippen molar-refractivity contribution in [1.82, 2.24) is 10.4 Å². The summed E-state index contributed by atoms with van der Waals surface area (Å²) in [6.07, 6.45) is -2.90. The van der Waals surface area contributed by atoms with E-state index in [1.165, 1.54) is 29.4 Å². The lowest BCUT2D eigenvalue weighted by atomic mass is 9.97. The number of aromatic nitrogens is 1. The van der Waals surface area contributed by atoms with Gasteiger partial charge in [-0.3, -0.25) is 10.9 Å². The number of pyridine rings is 1. The molecule has 1 aromatic heterocycles.